The molecule has 0 radical (unpaired) electrons. The van der Waals surface area contributed by atoms with Crippen LogP contribution in [0.2, 0.25) is 0 Å². The van der Waals surface area contributed by atoms with Crippen molar-refractivity contribution in [2.24, 2.45) is 5.10 Å². The number of amides is 2. The molecule has 0 atom stereocenters. The number of ether oxygens (including phenoxy) is 1. The second-order valence-electron chi connectivity index (χ2n) is 7.81. The van der Waals surface area contributed by atoms with Crippen molar-refractivity contribution in [3.05, 3.63) is 60.2 Å². The molecule has 2 aliphatic rings. The van der Waals surface area contributed by atoms with Gasteiger partial charge in [-0.1, -0.05) is 30.3 Å². The molecule has 0 aromatic heterocycles. The fourth-order valence-electron chi connectivity index (χ4n) is 3.99. The molecule has 2 aromatic carbocycles. The number of hydrazone groups is 1. The number of anilines is 1. The van der Waals surface area contributed by atoms with E-state index < -0.39 is 0 Å². The summed E-state index contributed by atoms with van der Waals surface area (Å²) in [6.07, 6.45) is 1.61. The Labute approximate surface area is 182 Å². The van der Waals surface area contributed by atoms with Crippen LogP contribution in [0, 0.1) is 0 Å². The van der Waals surface area contributed by atoms with Gasteiger partial charge in [0.25, 0.3) is 5.91 Å². The lowest BCUT2D eigenvalue weighted by Gasteiger charge is -2.27. The van der Waals surface area contributed by atoms with E-state index in [1.54, 1.807) is 7.11 Å². The van der Waals surface area contributed by atoms with E-state index >= 15 is 0 Å². The van der Waals surface area contributed by atoms with Gasteiger partial charge in [0.2, 0.25) is 5.91 Å². The van der Waals surface area contributed by atoms with E-state index in [-0.39, 0.29) is 11.8 Å². The highest BCUT2D eigenvalue weighted by molar-refractivity contribution is 6.39. The first-order valence-electron chi connectivity index (χ1n) is 10.7. The van der Waals surface area contributed by atoms with Crippen molar-refractivity contribution in [1.29, 1.82) is 0 Å². The summed E-state index contributed by atoms with van der Waals surface area (Å²) in [5, 5.41) is 5.88. The average Bonchev–Trinajstić information content (AvgIpc) is 3.07. The van der Waals surface area contributed by atoms with Crippen LogP contribution in [0.5, 0.6) is 5.75 Å². The number of carbonyl (C=O) groups excluding carboxylic acids is 2. The van der Waals surface area contributed by atoms with Crippen LogP contribution >= 0.6 is 0 Å². The summed E-state index contributed by atoms with van der Waals surface area (Å²) in [5.41, 5.74) is 2.61. The molecule has 7 heteroatoms. The van der Waals surface area contributed by atoms with E-state index in [0.29, 0.717) is 38.2 Å². The normalized spacial score (nSPS) is 17.3. The fourth-order valence-corrected chi connectivity index (χ4v) is 3.99. The summed E-state index contributed by atoms with van der Waals surface area (Å²) in [4.78, 5) is 29.6. The zero-order valence-corrected chi connectivity index (χ0v) is 17.9. The Balaban J connectivity index is 1.41. The Morgan fingerprint density at radius 1 is 0.968 bits per heavy atom. The summed E-state index contributed by atoms with van der Waals surface area (Å²) < 4.78 is 5.24. The van der Waals surface area contributed by atoms with Crippen LogP contribution in [-0.4, -0.2) is 60.7 Å². The molecule has 0 bridgehead atoms. The summed E-state index contributed by atoms with van der Waals surface area (Å²) in [7, 11) is 1.66. The number of benzene rings is 2. The van der Waals surface area contributed by atoms with Crippen molar-refractivity contribution >= 4 is 23.2 Å². The van der Waals surface area contributed by atoms with Gasteiger partial charge in [0.1, 0.15) is 11.5 Å². The van der Waals surface area contributed by atoms with Crippen molar-refractivity contribution < 1.29 is 14.3 Å². The molecule has 2 aromatic rings. The number of rotatable bonds is 5. The fraction of sp³-hybridized carbons (Fsp3) is 0.375. The lowest BCUT2D eigenvalue weighted by Crippen LogP contribution is -2.42. The molecule has 162 valence electrons. The second-order valence-corrected chi connectivity index (χ2v) is 7.81. The Morgan fingerprint density at radius 3 is 2.48 bits per heavy atom. The van der Waals surface area contributed by atoms with Gasteiger partial charge in [0.15, 0.2) is 0 Å². The van der Waals surface area contributed by atoms with E-state index in [9.17, 15) is 9.59 Å². The molecule has 1 saturated heterocycles. The van der Waals surface area contributed by atoms with E-state index in [1.807, 2.05) is 47.4 Å². The number of methoxy groups -OCH3 is 1. The van der Waals surface area contributed by atoms with Crippen LogP contribution in [0.15, 0.2) is 59.7 Å². The molecule has 0 saturated carbocycles. The molecule has 1 fully saturated rings. The van der Waals surface area contributed by atoms with E-state index in [0.717, 1.165) is 36.5 Å². The van der Waals surface area contributed by atoms with E-state index in [2.05, 4.69) is 22.1 Å². The quantitative estimate of drug-likeness (QED) is 0.746. The van der Waals surface area contributed by atoms with Crippen molar-refractivity contribution in [2.45, 2.75) is 25.8 Å². The SMILES string of the molecule is COc1ccc(N2CCCN(C(=O)C3=NN(Cc4ccccc4)C(=O)CC3)CC2)cc1. The largest absolute Gasteiger partial charge is 0.497 e. The minimum Gasteiger partial charge on any atom is -0.497 e. The minimum absolute atomic E-state index is 0.0399. The van der Waals surface area contributed by atoms with Crippen LogP contribution in [-0.2, 0) is 16.1 Å². The van der Waals surface area contributed by atoms with Crippen molar-refractivity contribution in [3.8, 4) is 5.75 Å². The van der Waals surface area contributed by atoms with Gasteiger partial charge in [-0.3, -0.25) is 9.59 Å². The Hall–Kier alpha value is -3.35. The standard InChI is InChI=1S/C24H28N4O3/c1-31-21-10-8-20(9-11-21)26-14-5-15-27(17-16-26)24(30)22-12-13-23(29)28(25-22)18-19-6-3-2-4-7-19/h2-4,6-11H,5,12-18H2,1H3. The molecular weight excluding hydrogens is 392 g/mol. The Bertz CT molecular complexity index is 943. The highest BCUT2D eigenvalue weighted by Crippen LogP contribution is 2.21. The smallest absolute Gasteiger partial charge is 0.270 e. The highest BCUT2D eigenvalue weighted by Gasteiger charge is 2.28. The first kappa shape index (κ1) is 20.9. The van der Waals surface area contributed by atoms with Crippen molar-refractivity contribution in [2.75, 3.05) is 38.2 Å². The maximum absolute atomic E-state index is 13.2. The lowest BCUT2D eigenvalue weighted by atomic mass is 10.1. The van der Waals surface area contributed by atoms with Crippen molar-refractivity contribution in [3.63, 3.8) is 0 Å². The third-order valence-electron chi connectivity index (χ3n) is 5.75. The second kappa shape index (κ2) is 9.64. The molecule has 0 aliphatic carbocycles. The van der Waals surface area contributed by atoms with E-state index in [1.165, 1.54) is 5.01 Å². The zero-order valence-electron chi connectivity index (χ0n) is 17.9. The number of nitrogens with zero attached hydrogens (tertiary/aromatic N) is 4. The van der Waals surface area contributed by atoms with Crippen LogP contribution in [0.1, 0.15) is 24.8 Å². The number of hydrogen-bond donors (Lipinski definition) is 0. The van der Waals surface area contributed by atoms with Crippen LogP contribution in [0.25, 0.3) is 0 Å². The lowest BCUT2D eigenvalue weighted by molar-refractivity contribution is -0.132. The monoisotopic (exact) mass is 420 g/mol. The summed E-state index contributed by atoms with van der Waals surface area (Å²) in [6.45, 7) is 3.37. The molecule has 0 unspecified atom stereocenters. The van der Waals surface area contributed by atoms with Crippen LogP contribution in [0.4, 0.5) is 5.69 Å². The van der Waals surface area contributed by atoms with Gasteiger partial charge < -0.3 is 14.5 Å². The van der Waals surface area contributed by atoms with E-state index in [4.69, 9.17) is 4.74 Å². The van der Waals surface area contributed by atoms with Gasteiger partial charge in [0.05, 0.1) is 13.7 Å². The summed E-state index contributed by atoms with van der Waals surface area (Å²) in [5.74, 6) is 0.740. The van der Waals surface area contributed by atoms with Gasteiger partial charge in [0, 0.05) is 44.7 Å². The first-order valence-corrected chi connectivity index (χ1v) is 10.7. The average molecular weight is 421 g/mol. The predicted octanol–water partition coefficient (Wildman–Crippen LogP) is 2.91. The molecule has 0 N–H and O–H groups in total. The third kappa shape index (κ3) is 5.05. The molecule has 0 spiro atoms. The Kier molecular flexibility index (Phi) is 6.50. The molecule has 31 heavy (non-hydrogen) atoms. The molecule has 2 amide bonds. The molecule has 2 aliphatic heterocycles. The minimum atomic E-state index is -0.0536. The van der Waals surface area contributed by atoms with Crippen LogP contribution < -0.4 is 9.64 Å². The predicted molar refractivity (Wildman–Crippen MR) is 120 cm³/mol. The maximum Gasteiger partial charge on any atom is 0.270 e. The molecule has 7 nitrogen and oxygen atoms in total. The van der Waals surface area contributed by atoms with Gasteiger partial charge in [-0.15, -0.1) is 0 Å². The summed E-state index contributed by atoms with van der Waals surface area (Å²) in [6, 6.07) is 17.7. The van der Waals surface area contributed by atoms with Crippen molar-refractivity contribution in [1.82, 2.24) is 9.91 Å². The van der Waals surface area contributed by atoms with Crippen LogP contribution in [0.3, 0.4) is 0 Å². The summed E-state index contributed by atoms with van der Waals surface area (Å²) >= 11 is 0. The number of carbonyl (C=O) groups is 2. The third-order valence-corrected chi connectivity index (χ3v) is 5.75. The van der Waals surface area contributed by atoms with Gasteiger partial charge in [-0.05, 0) is 36.2 Å². The molecule has 2 heterocycles. The molecular formula is C24H28N4O3. The first-order chi connectivity index (χ1) is 15.1. The topological polar surface area (TPSA) is 65.5 Å². The zero-order chi connectivity index (χ0) is 21.6. The molecule has 4 rings (SSSR count). The van der Waals surface area contributed by atoms with Gasteiger partial charge in [-0.25, -0.2) is 5.01 Å². The van der Waals surface area contributed by atoms with Gasteiger partial charge >= 0.3 is 0 Å². The van der Waals surface area contributed by atoms with Gasteiger partial charge in [-0.2, -0.15) is 5.10 Å². The number of hydrogen-bond acceptors (Lipinski definition) is 5. The Morgan fingerprint density at radius 2 is 1.74 bits per heavy atom. The highest BCUT2D eigenvalue weighted by atomic mass is 16.5. The maximum atomic E-state index is 13.2.